The van der Waals surface area contributed by atoms with Crippen LogP contribution in [0.15, 0.2) is 24.3 Å². The van der Waals surface area contributed by atoms with Gasteiger partial charge in [0.15, 0.2) is 5.82 Å². The summed E-state index contributed by atoms with van der Waals surface area (Å²) in [6.07, 6.45) is 8.10. The normalized spacial score (nSPS) is 19.8. The fourth-order valence-electron chi connectivity index (χ4n) is 3.86. The highest BCUT2D eigenvalue weighted by atomic mass is 35.5. The van der Waals surface area contributed by atoms with Gasteiger partial charge < -0.3 is 5.32 Å². The standard InChI is InChI=1S/C20H24ClN5OS/c1-2-3-4-13-5-7-15(8-6-13)18(27)22-19-25-26-17(23-24-20(26)28-19)14-9-11-16(21)12-10-14/h9-13,15H,2-8H2,1H3,(H,22,25,27). The summed E-state index contributed by atoms with van der Waals surface area (Å²) in [6, 6.07) is 7.38. The predicted molar refractivity (Wildman–Crippen MR) is 113 cm³/mol. The van der Waals surface area contributed by atoms with Gasteiger partial charge in [0.25, 0.3) is 0 Å². The molecule has 0 spiro atoms. The van der Waals surface area contributed by atoms with E-state index in [0.29, 0.717) is 20.9 Å². The van der Waals surface area contributed by atoms with Crippen LogP contribution >= 0.6 is 22.9 Å². The molecule has 4 rings (SSSR count). The molecule has 1 aromatic carbocycles. The lowest BCUT2D eigenvalue weighted by Gasteiger charge is -2.27. The molecule has 1 saturated carbocycles. The van der Waals surface area contributed by atoms with Crippen LogP contribution in [-0.4, -0.2) is 25.7 Å². The van der Waals surface area contributed by atoms with Gasteiger partial charge in [0.05, 0.1) is 0 Å². The molecule has 1 fully saturated rings. The van der Waals surface area contributed by atoms with Gasteiger partial charge in [0.2, 0.25) is 16.0 Å². The Kier molecular flexibility index (Phi) is 5.92. The molecule has 6 nitrogen and oxygen atoms in total. The topological polar surface area (TPSA) is 72.2 Å². The number of carbonyl (C=O) groups is 1. The van der Waals surface area contributed by atoms with Gasteiger partial charge in [-0.1, -0.05) is 49.1 Å². The average molecular weight is 418 g/mol. The number of aromatic nitrogens is 4. The van der Waals surface area contributed by atoms with Crippen molar-refractivity contribution in [1.82, 2.24) is 19.8 Å². The SMILES string of the molecule is CCCCC1CCC(C(=O)Nc2nn3c(-c4ccc(Cl)cc4)nnc3s2)CC1. The van der Waals surface area contributed by atoms with Gasteiger partial charge in [0, 0.05) is 16.5 Å². The number of nitrogens with one attached hydrogen (secondary N) is 1. The van der Waals surface area contributed by atoms with Gasteiger partial charge in [-0.15, -0.1) is 15.3 Å². The first-order valence-electron chi connectivity index (χ1n) is 9.93. The molecule has 28 heavy (non-hydrogen) atoms. The van der Waals surface area contributed by atoms with Crippen LogP contribution in [0.3, 0.4) is 0 Å². The lowest BCUT2D eigenvalue weighted by Crippen LogP contribution is -2.27. The van der Waals surface area contributed by atoms with Gasteiger partial charge in [0.1, 0.15) is 0 Å². The number of rotatable bonds is 6. The van der Waals surface area contributed by atoms with Crippen LogP contribution in [-0.2, 0) is 4.79 Å². The highest BCUT2D eigenvalue weighted by Gasteiger charge is 2.27. The highest BCUT2D eigenvalue weighted by molar-refractivity contribution is 7.20. The molecular weight excluding hydrogens is 394 g/mol. The predicted octanol–water partition coefficient (Wildman–Crippen LogP) is 5.44. The number of amides is 1. The summed E-state index contributed by atoms with van der Waals surface area (Å²) in [5, 5.41) is 17.1. The Labute approximate surface area is 173 Å². The van der Waals surface area contributed by atoms with E-state index in [1.54, 1.807) is 4.52 Å². The third kappa shape index (κ3) is 4.20. The summed E-state index contributed by atoms with van der Waals surface area (Å²) in [7, 11) is 0. The molecule has 1 aliphatic carbocycles. The van der Waals surface area contributed by atoms with E-state index in [1.807, 2.05) is 24.3 Å². The third-order valence-corrected chi connectivity index (χ3v) is 6.57. The van der Waals surface area contributed by atoms with Crippen LogP contribution in [0.2, 0.25) is 5.02 Å². The van der Waals surface area contributed by atoms with E-state index in [9.17, 15) is 4.79 Å². The summed E-state index contributed by atoms with van der Waals surface area (Å²) in [6.45, 7) is 2.23. The zero-order chi connectivity index (χ0) is 19.5. The molecule has 0 radical (unpaired) electrons. The van der Waals surface area contributed by atoms with Crippen molar-refractivity contribution in [3.8, 4) is 11.4 Å². The van der Waals surface area contributed by atoms with Crippen molar-refractivity contribution in [2.45, 2.75) is 51.9 Å². The largest absolute Gasteiger partial charge is 0.300 e. The lowest BCUT2D eigenvalue weighted by atomic mass is 9.79. The number of nitrogens with zero attached hydrogens (tertiary/aromatic N) is 4. The van der Waals surface area contributed by atoms with E-state index in [-0.39, 0.29) is 11.8 Å². The Morgan fingerprint density at radius 2 is 1.96 bits per heavy atom. The molecule has 0 atom stereocenters. The van der Waals surface area contributed by atoms with Crippen LogP contribution < -0.4 is 5.32 Å². The molecule has 0 saturated heterocycles. The van der Waals surface area contributed by atoms with Crippen LogP contribution in [0.5, 0.6) is 0 Å². The molecule has 0 unspecified atom stereocenters. The molecule has 1 N–H and O–H groups in total. The minimum absolute atomic E-state index is 0.0759. The van der Waals surface area contributed by atoms with Crippen molar-refractivity contribution < 1.29 is 4.79 Å². The number of fused-ring (bicyclic) bond motifs is 1. The molecule has 1 aliphatic rings. The van der Waals surface area contributed by atoms with E-state index in [2.05, 4.69) is 27.5 Å². The highest BCUT2D eigenvalue weighted by Crippen LogP contribution is 2.33. The molecule has 148 valence electrons. The number of benzene rings is 1. The maximum Gasteiger partial charge on any atom is 0.236 e. The zero-order valence-corrected chi connectivity index (χ0v) is 17.5. The first kappa shape index (κ1) is 19.3. The van der Waals surface area contributed by atoms with Crippen molar-refractivity contribution in [2.24, 2.45) is 11.8 Å². The van der Waals surface area contributed by atoms with Gasteiger partial charge >= 0.3 is 0 Å². The number of halogens is 1. The second-order valence-electron chi connectivity index (χ2n) is 7.48. The van der Waals surface area contributed by atoms with Gasteiger partial charge in [-0.3, -0.25) is 4.79 Å². The minimum atomic E-state index is 0.0759. The molecule has 0 bridgehead atoms. The number of unbranched alkanes of at least 4 members (excludes halogenated alkanes) is 1. The smallest absolute Gasteiger partial charge is 0.236 e. The van der Waals surface area contributed by atoms with Gasteiger partial charge in [-0.25, -0.2) is 0 Å². The molecule has 0 aliphatic heterocycles. The monoisotopic (exact) mass is 417 g/mol. The van der Waals surface area contributed by atoms with E-state index in [4.69, 9.17) is 11.6 Å². The van der Waals surface area contributed by atoms with Crippen LogP contribution in [0.4, 0.5) is 5.13 Å². The first-order chi connectivity index (χ1) is 13.6. The molecule has 3 aromatic rings. The molecule has 8 heteroatoms. The zero-order valence-electron chi connectivity index (χ0n) is 15.9. The summed E-state index contributed by atoms with van der Waals surface area (Å²) >= 11 is 7.30. The van der Waals surface area contributed by atoms with Gasteiger partial charge in [-0.05, 0) is 55.9 Å². The lowest BCUT2D eigenvalue weighted by molar-refractivity contribution is -0.121. The Morgan fingerprint density at radius 1 is 1.21 bits per heavy atom. The third-order valence-electron chi connectivity index (χ3n) is 5.51. The maximum absolute atomic E-state index is 12.7. The number of hydrogen-bond acceptors (Lipinski definition) is 5. The van der Waals surface area contributed by atoms with Crippen LogP contribution in [0.25, 0.3) is 16.3 Å². The van der Waals surface area contributed by atoms with Crippen molar-refractivity contribution in [2.75, 3.05) is 5.32 Å². The van der Waals surface area contributed by atoms with Crippen LogP contribution in [0.1, 0.15) is 51.9 Å². The van der Waals surface area contributed by atoms with E-state index >= 15 is 0 Å². The quantitative estimate of drug-likeness (QED) is 0.579. The number of hydrogen-bond donors (Lipinski definition) is 1. The minimum Gasteiger partial charge on any atom is -0.300 e. The van der Waals surface area contributed by atoms with Crippen molar-refractivity contribution in [3.05, 3.63) is 29.3 Å². The molecule has 1 amide bonds. The van der Waals surface area contributed by atoms with E-state index in [0.717, 1.165) is 37.2 Å². The average Bonchev–Trinajstić information content (AvgIpc) is 3.27. The Hall–Kier alpha value is -1.99. The maximum atomic E-state index is 12.7. The van der Waals surface area contributed by atoms with E-state index < -0.39 is 0 Å². The Morgan fingerprint density at radius 3 is 2.68 bits per heavy atom. The van der Waals surface area contributed by atoms with E-state index in [1.165, 1.54) is 30.6 Å². The molecule has 2 aromatic heterocycles. The molecular formula is C20H24ClN5OS. The fourth-order valence-corrected chi connectivity index (χ4v) is 4.73. The van der Waals surface area contributed by atoms with Crippen LogP contribution in [0, 0.1) is 11.8 Å². The summed E-state index contributed by atoms with van der Waals surface area (Å²) in [5.41, 5.74) is 0.880. The van der Waals surface area contributed by atoms with Crippen molar-refractivity contribution in [3.63, 3.8) is 0 Å². The van der Waals surface area contributed by atoms with Crippen molar-refractivity contribution >= 4 is 38.9 Å². The fraction of sp³-hybridized carbons (Fsp3) is 0.500. The second kappa shape index (κ2) is 8.57. The first-order valence-corrected chi connectivity index (χ1v) is 11.1. The number of anilines is 1. The summed E-state index contributed by atoms with van der Waals surface area (Å²) in [4.78, 5) is 13.3. The molecule has 2 heterocycles. The summed E-state index contributed by atoms with van der Waals surface area (Å²) in [5.74, 6) is 1.59. The van der Waals surface area contributed by atoms with Gasteiger partial charge in [-0.2, -0.15) is 4.52 Å². The Bertz CT molecular complexity index is 943. The summed E-state index contributed by atoms with van der Waals surface area (Å²) < 4.78 is 1.67. The van der Waals surface area contributed by atoms with Crippen molar-refractivity contribution in [1.29, 1.82) is 0 Å². The Balaban J connectivity index is 1.41. The second-order valence-corrected chi connectivity index (χ2v) is 8.87. The number of carbonyl (C=O) groups excluding carboxylic acids is 1.